The zero-order valence-corrected chi connectivity index (χ0v) is 7.86. The monoisotopic (exact) mass is 142 g/mol. The predicted octanol–water partition coefficient (Wildman–Crippen LogP) is 3.34. The van der Waals surface area contributed by atoms with Crippen LogP contribution < -0.4 is 0 Å². The molecule has 0 bridgehead atoms. The minimum atomic E-state index is 0. The summed E-state index contributed by atoms with van der Waals surface area (Å²) in [6, 6.07) is 0. The van der Waals surface area contributed by atoms with Crippen molar-refractivity contribution in [2.75, 3.05) is 0 Å². The summed E-state index contributed by atoms with van der Waals surface area (Å²) in [6.07, 6.45) is 1.25. The summed E-state index contributed by atoms with van der Waals surface area (Å²) < 4.78 is 0. The Morgan fingerprint density at radius 1 is 0.700 bits per heavy atom. The van der Waals surface area contributed by atoms with Crippen LogP contribution in [0.1, 0.15) is 55.4 Å². The van der Waals surface area contributed by atoms with Crippen molar-refractivity contribution in [1.82, 2.24) is 0 Å². The molecule has 6 radical (unpaired) electrons. The van der Waals surface area contributed by atoms with E-state index >= 15 is 0 Å². The summed E-state index contributed by atoms with van der Waals surface area (Å²) in [5.41, 5.74) is 0. The lowest BCUT2D eigenvalue weighted by Gasteiger charge is -1.48. The van der Waals surface area contributed by atoms with Gasteiger partial charge in [0.15, 0.2) is 0 Å². The summed E-state index contributed by atoms with van der Waals surface area (Å²) in [5, 5.41) is 0. The third kappa shape index (κ3) is 24500. The van der Waals surface area contributed by atoms with Crippen LogP contribution in [0.25, 0.3) is 0 Å². The molecule has 0 aromatic heterocycles. The highest BCUT2D eigenvalue weighted by atomic mass is 13.4. The maximum Gasteiger partial charge on any atom is 0 e. The molecule has 0 saturated carbocycles. The van der Waals surface area contributed by atoms with Gasteiger partial charge < -0.3 is 0 Å². The van der Waals surface area contributed by atoms with Gasteiger partial charge in [-0.25, -0.2) is 0 Å². The van der Waals surface area contributed by atoms with Crippen LogP contribution in [0.4, 0.5) is 0 Å². The van der Waals surface area contributed by atoms with E-state index in [1.165, 1.54) is 6.42 Å². The predicted molar refractivity (Wildman–Crippen MR) is 56.9 cm³/mol. The van der Waals surface area contributed by atoms with Crippen LogP contribution in [0.3, 0.4) is 0 Å². The van der Waals surface area contributed by atoms with Gasteiger partial charge in [-0.1, -0.05) is 55.4 Å². The Labute approximate surface area is 73.0 Å². The first kappa shape index (κ1) is 49.5. The fourth-order valence-corrected chi connectivity index (χ4v) is 0. The van der Waals surface area contributed by atoms with Crippen LogP contribution in [0.2, 0.25) is 0 Å². The van der Waals surface area contributed by atoms with Crippen LogP contribution in [0.15, 0.2) is 0 Å². The van der Waals surface area contributed by atoms with Gasteiger partial charge in [-0.15, -0.1) is 0 Å². The summed E-state index contributed by atoms with van der Waals surface area (Å²) >= 11 is 0. The summed E-state index contributed by atoms with van der Waals surface area (Å²) in [4.78, 5) is 0. The molecule has 2 heteroatoms. The average molecular weight is 142 g/mol. The van der Waals surface area contributed by atoms with Crippen LogP contribution in [0, 0.1) is 0 Å². The van der Waals surface area contributed by atoms with E-state index in [0.717, 1.165) is 0 Å². The smallest absolute Gasteiger partial charge is 0 e. The Kier molecular flexibility index (Phi) is 2340. The van der Waals surface area contributed by atoms with Gasteiger partial charge in [-0.3, -0.25) is 0 Å². The molecule has 0 saturated heterocycles. The van der Waals surface area contributed by atoms with Crippen molar-refractivity contribution in [1.29, 1.82) is 0 Å². The maximum absolute atomic E-state index is 2.12. The first-order chi connectivity index (χ1) is 3.41. The van der Waals surface area contributed by atoms with Gasteiger partial charge >= 0.3 is 0 Å². The van der Waals surface area contributed by atoms with E-state index in [4.69, 9.17) is 0 Å². The highest BCUT2D eigenvalue weighted by Crippen LogP contribution is 1.56. The second-order valence-corrected chi connectivity index (χ2v) is 0.707. The van der Waals surface area contributed by atoms with Gasteiger partial charge in [0.05, 0.1) is 0 Å². The Morgan fingerprint density at radius 3 is 0.700 bits per heavy atom. The maximum atomic E-state index is 2.12. The first-order valence-corrected chi connectivity index (χ1v) is 3.41. The molecule has 0 N–H and O–H groups in total. The quantitative estimate of drug-likeness (QED) is 0.455. The van der Waals surface area contributed by atoms with E-state index in [1.54, 1.807) is 0 Å². The van der Waals surface area contributed by atoms with E-state index in [9.17, 15) is 0 Å². The molecular weight excluding hydrogens is 118 g/mol. The van der Waals surface area contributed by atoms with E-state index in [2.05, 4.69) is 13.8 Å². The SMILES string of the molecule is C.CC.CC.CCC.[B].[B]. The van der Waals surface area contributed by atoms with Gasteiger partial charge in [-0.2, -0.15) is 0 Å². The van der Waals surface area contributed by atoms with Crippen molar-refractivity contribution < 1.29 is 0 Å². The Morgan fingerprint density at radius 2 is 0.700 bits per heavy atom. The molecule has 10 heavy (non-hydrogen) atoms. The van der Waals surface area contributed by atoms with Crippen LogP contribution in [-0.4, -0.2) is 16.8 Å². The molecule has 0 atom stereocenters. The Bertz CT molecular complexity index is 7.22. The van der Waals surface area contributed by atoms with Crippen molar-refractivity contribution in [3.8, 4) is 0 Å². The molecule has 0 aromatic rings. The van der Waals surface area contributed by atoms with Gasteiger partial charge in [0, 0.05) is 16.8 Å². The van der Waals surface area contributed by atoms with Gasteiger partial charge in [0.1, 0.15) is 0 Å². The fourth-order valence-electron chi connectivity index (χ4n) is 0. The Balaban J connectivity index is -0.00000000536. The zero-order chi connectivity index (χ0) is 6.71. The van der Waals surface area contributed by atoms with Crippen molar-refractivity contribution in [2.45, 2.75) is 55.4 Å². The van der Waals surface area contributed by atoms with Crippen molar-refractivity contribution in [3.63, 3.8) is 0 Å². The van der Waals surface area contributed by atoms with Crippen LogP contribution in [0.5, 0.6) is 0 Å². The number of hydrogen-bond donors (Lipinski definition) is 0. The summed E-state index contributed by atoms with van der Waals surface area (Å²) in [6.45, 7) is 12.2. The molecule has 0 heterocycles. The molecule has 0 fully saturated rings. The second kappa shape index (κ2) is 473. The number of hydrogen-bond acceptors (Lipinski definition) is 0. The third-order valence-corrected chi connectivity index (χ3v) is 0. The van der Waals surface area contributed by atoms with E-state index in [1.807, 2.05) is 27.7 Å². The zero-order valence-electron chi connectivity index (χ0n) is 7.86. The fraction of sp³-hybridized carbons (Fsp3) is 1.00. The normalized spacial score (nSPS) is 3.00. The van der Waals surface area contributed by atoms with Crippen molar-refractivity contribution in [2.24, 2.45) is 0 Å². The second-order valence-electron chi connectivity index (χ2n) is 0.707. The van der Waals surface area contributed by atoms with E-state index < -0.39 is 0 Å². The highest BCUT2D eigenvalue weighted by Gasteiger charge is 1.35. The third-order valence-electron chi connectivity index (χ3n) is 0. The largest absolute Gasteiger partial charge is 0.0776 e. The minimum Gasteiger partial charge on any atom is -0.0776 e. The standard InChI is InChI=1S/C3H8.2C2H6.CH4.2B/c1-3-2;2*1-2;;;/h3H2,1-2H3;2*1-2H3;1H4;;. The lowest BCUT2D eigenvalue weighted by molar-refractivity contribution is 1.09. The van der Waals surface area contributed by atoms with Gasteiger partial charge in [0.25, 0.3) is 0 Å². The lowest BCUT2D eigenvalue weighted by atomic mass is 10.6. The van der Waals surface area contributed by atoms with Gasteiger partial charge in [0.2, 0.25) is 0 Å². The van der Waals surface area contributed by atoms with Crippen LogP contribution in [-0.2, 0) is 0 Å². The Hall–Kier alpha value is 0.130. The summed E-state index contributed by atoms with van der Waals surface area (Å²) in [5.74, 6) is 0. The molecule has 0 aromatic carbocycles. The van der Waals surface area contributed by atoms with E-state index in [0.29, 0.717) is 0 Å². The van der Waals surface area contributed by atoms with Crippen molar-refractivity contribution in [3.05, 3.63) is 0 Å². The molecule has 0 nitrogen and oxygen atoms in total. The minimum absolute atomic E-state index is 0. The first-order valence-electron chi connectivity index (χ1n) is 3.41. The molecule has 0 aliphatic carbocycles. The average Bonchev–Trinajstić information content (AvgIpc) is 1.78. The molecule has 0 spiro atoms. The highest BCUT2D eigenvalue weighted by molar-refractivity contribution is 5.76. The lowest BCUT2D eigenvalue weighted by Crippen LogP contribution is -1.27. The number of rotatable bonds is 0. The molecule has 0 unspecified atom stereocenters. The van der Waals surface area contributed by atoms with Crippen molar-refractivity contribution >= 4 is 16.8 Å². The summed E-state index contributed by atoms with van der Waals surface area (Å²) in [7, 11) is 0. The molecule has 0 rings (SSSR count). The van der Waals surface area contributed by atoms with Crippen LogP contribution >= 0.6 is 0 Å². The molecule has 62 valence electrons. The topological polar surface area (TPSA) is 0 Å². The molecular formula is C8H24B2. The van der Waals surface area contributed by atoms with E-state index in [-0.39, 0.29) is 24.3 Å². The van der Waals surface area contributed by atoms with Gasteiger partial charge in [-0.05, 0) is 0 Å². The molecule has 0 aliphatic rings. The molecule has 0 aliphatic heterocycles. The molecule has 0 amide bonds.